The highest BCUT2D eigenvalue weighted by Gasteiger charge is 2.56. The molecule has 4 aliphatic rings. The standard InChI is InChI=1S/C116H72N2S2/c1-2-27-77(28-3-1)89-33-8-9-34-90(89)78-57-64-86(65-58-78)117(85-62-53-76(54-63-85)82-59-68-95-94-37-12-18-46-103(94)116(106(95)72-82)104-47-19-13-39-98(104)109-99-40-15-21-50-108(99)119-113(109)116)84-60-51-75(52-61-84)79-31-22-32-83(69-79)91-41-23-43-100-111-110-97(42-24-48-105(110)115(114(111)120-112(91)100)101-44-16-10-35-92(101)93-36-11-17-45-102(93)115)96-38-14-20-49-107(96)118(87-66-55-73-25-4-6-29-80(73)70-87)88-67-56-74-26-5-7-30-81(74)71-88/h1-72H. The fourth-order valence-electron chi connectivity index (χ4n) is 21.1. The van der Waals surface area contributed by atoms with Crippen LogP contribution in [0.15, 0.2) is 437 Å². The average Bonchev–Trinajstić information content (AvgIpc) is 1.50. The number of thiophene rings is 2. The molecule has 2 spiro atoms. The van der Waals surface area contributed by atoms with Crippen LogP contribution in [-0.4, -0.2) is 0 Å². The minimum Gasteiger partial charge on any atom is -0.311 e. The third kappa shape index (κ3) is 10.1. The van der Waals surface area contributed by atoms with Gasteiger partial charge in [-0.25, -0.2) is 0 Å². The summed E-state index contributed by atoms with van der Waals surface area (Å²) >= 11 is 3.95. The molecule has 2 aromatic heterocycles. The Morgan fingerprint density at radius 1 is 0.183 bits per heavy atom. The Morgan fingerprint density at radius 2 is 0.583 bits per heavy atom. The van der Waals surface area contributed by atoms with Crippen molar-refractivity contribution in [3.8, 4) is 111 Å². The normalized spacial score (nSPS) is 13.9. The molecule has 558 valence electrons. The third-order valence-electron chi connectivity index (χ3n) is 26.3. The summed E-state index contributed by atoms with van der Waals surface area (Å²) in [4.78, 5) is 7.69. The van der Waals surface area contributed by atoms with Crippen molar-refractivity contribution in [3.05, 3.63) is 480 Å². The van der Waals surface area contributed by atoms with Gasteiger partial charge in [-0.3, -0.25) is 0 Å². The van der Waals surface area contributed by atoms with Crippen LogP contribution in [0.5, 0.6) is 0 Å². The lowest BCUT2D eigenvalue weighted by Gasteiger charge is -2.30. The van der Waals surface area contributed by atoms with Crippen molar-refractivity contribution < 1.29 is 0 Å². The minimum absolute atomic E-state index is 0.438. The van der Waals surface area contributed by atoms with Crippen LogP contribution >= 0.6 is 22.7 Å². The summed E-state index contributed by atoms with van der Waals surface area (Å²) in [7, 11) is 0. The molecule has 0 aliphatic heterocycles. The van der Waals surface area contributed by atoms with Gasteiger partial charge >= 0.3 is 0 Å². The zero-order valence-corrected chi connectivity index (χ0v) is 66.9. The smallest absolute Gasteiger partial charge is 0.0819 e. The Bertz CT molecular complexity index is 7670. The van der Waals surface area contributed by atoms with Gasteiger partial charge in [0.05, 0.1) is 16.5 Å². The number of nitrogens with zero attached hydrogens (tertiary/aromatic N) is 2. The first kappa shape index (κ1) is 68.4. The molecule has 4 heteroatoms. The molecule has 25 rings (SSSR count). The summed E-state index contributed by atoms with van der Waals surface area (Å²) in [6.07, 6.45) is 0. The number of para-hydroxylation sites is 1. The van der Waals surface area contributed by atoms with E-state index in [1.165, 1.54) is 179 Å². The monoisotopic (exact) mass is 1560 g/mol. The van der Waals surface area contributed by atoms with E-state index >= 15 is 0 Å². The zero-order chi connectivity index (χ0) is 78.7. The van der Waals surface area contributed by atoms with Crippen LogP contribution in [0.1, 0.15) is 43.1 Å². The summed E-state index contributed by atoms with van der Waals surface area (Å²) < 4.78 is 2.61. The minimum atomic E-state index is -0.579. The molecule has 21 aromatic rings. The molecule has 120 heavy (non-hydrogen) atoms. The van der Waals surface area contributed by atoms with Crippen LogP contribution in [0.3, 0.4) is 0 Å². The molecule has 0 bridgehead atoms. The molecule has 2 heterocycles. The van der Waals surface area contributed by atoms with Crippen LogP contribution in [0.2, 0.25) is 0 Å². The van der Waals surface area contributed by atoms with Gasteiger partial charge in [-0.05, 0) is 234 Å². The number of fused-ring (bicyclic) bond motifs is 26. The van der Waals surface area contributed by atoms with Crippen LogP contribution in [-0.2, 0) is 10.8 Å². The van der Waals surface area contributed by atoms with E-state index in [9.17, 15) is 0 Å². The predicted molar refractivity (Wildman–Crippen MR) is 507 cm³/mol. The van der Waals surface area contributed by atoms with E-state index in [0.29, 0.717) is 0 Å². The van der Waals surface area contributed by atoms with Gasteiger partial charge in [-0.15, -0.1) is 22.7 Å². The van der Waals surface area contributed by atoms with Crippen molar-refractivity contribution >= 4 is 98.5 Å². The largest absolute Gasteiger partial charge is 0.311 e. The van der Waals surface area contributed by atoms with Gasteiger partial charge < -0.3 is 9.80 Å². The zero-order valence-electron chi connectivity index (χ0n) is 65.3. The van der Waals surface area contributed by atoms with Crippen LogP contribution < -0.4 is 9.80 Å². The number of benzene rings is 19. The highest BCUT2D eigenvalue weighted by Crippen LogP contribution is 2.70. The molecule has 0 N–H and O–H groups in total. The summed E-state index contributed by atoms with van der Waals surface area (Å²) in [5.74, 6) is 0. The first-order chi connectivity index (χ1) is 59.5. The molecule has 0 radical (unpaired) electrons. The Hall–Kier alpha value is -14.8. The molecule has 0 amide bonds. The molecule has 19 aromatic carbocycles. The van der Waals surface area contributed by atoms with Gasteiger partial charge in [-0.2, -0.15) is 0 Å². The van der Waals surface area contributed by atoms with Gasteiger partial charge in [-0.1, -0.05) is 352 Å². The maximum Gasteiger partial charge on any atom is 0.0819 e. The Kier molecular flexibility index (Phi) is 15.3. The summed E-state index contributed by atoms with van der Waals surface area (Å²) in [5, 5.41) is 7.42. The molecule has 4 aliphatic carbocycles. The van der Waals surface area contributed by atoms with E-state index in [1.807, 2.05) is 22.7 Å². The Labute approximate surface area is 705 Å². The second-order valence-corrected chi connectivity index (χ2v) is 34.4. The van der Waals surface area contributed by atoms with Gasteiger partial charge in [0.15, 0.2) is 0 Å². The molecule has 1 unspecified atom stereocenters. The topological polar surface area (TPSA) is 6.48 Å². The lowest BCUT2D eigenvalue weighted by Crippen LogP contribution is -2.24. The van der Waals surface area contributed by atoms with Crippen molar-refractivity contribution in [2.75, 3.05) is 9.80 Å². The second-order valence-electron chi connectivity index (χ2n) is 32.3. The molecule has 1 atom stereocenters. The molecule has 2 nitrogen and oxygen atoms in total. The van der Waals surface area contributed by atoms with E-state index in [2.05, 4.69) is 447 Å². The summed E-state index contributed by atoms with van der Waals surface area (Å²) in [6.45, 7) is 0. The maximum atomic E-state index is 2.51. The van der Waals surface area contributed by atoms with Crippen LogP contribution in [0.25, 0.3) is 153 Å². The highest BCUT2D eigenvalue weighted by molar-refractivity contribution is 7.21. The van der Waals surface area contributed by atoms with Gasteiger partial charge in [0, 0.05) is 75.1 Å². The fraction of sp³-hybridized carbons (Fsp3) is 0.0172. The maximum absolute atomic E-state index is 2.51. The number of hydrogen-bond acceptors (Lipinski definition) is 4. The molecule has 0 saturated carbocycles. The number of anilines is 6. The van der Waals surface area contributed by atoms with E-state index < -0.39 is 10.8 Å². The summed E-state index contributed by atoms with van der Waals surface area (Å²) in [6, 6.07) is 164. The van der Waals surface area contributed by atoms with Crippen LogP contribution in [0, 0.1) is 0 Å². The van der Waals surface area contributed by atoms with E-state index in [4.69, 9.17) is 0 Å². The summed E-state index contributed by atoms with van der Waals surface area (Å²) in [5.41, 5.74) is 38.3. The van der Waals surface area contributed by atoms with E-state index in [0.717, 1.165) is 50.8 Å². The Morgan fingerprint density at radius 3 is 1.21 bits per heavy atom. The van der Waals surface area contributed by atoms with Crippen molar-refractivity contribution in [2.45, 2.75) is 10.8 Å². The highest BCUT2D eigenvalue weighted by atomic mass is 32.1. The van der Waals surface area contributed by atoms with Crippen molar-refractivity contribution in [3.63, 3.8) is 0 Å². The SMILES string of the molecule is c1ccc(-c2ccccc2-c2ccc(N(c3ccc(-c4cccc(-c5cccc6c7c(sc56)C5(c6ccccc6-c6ccccc65)c5cccc(-c6ccccc6N(c6ccc8ccccc8c6)c6ccc8ccccc8c6)c5-7)c4)cc3)c3ccc(-c4ccc5c(c4)C4(c6ccccc6-5)c5ccccc5-c5c4sc4ccccc54)cc3)cc2)cc1. The second kappa shape index (κ2) is 26.9. The molecule has 0 fully saturated rings. The first-order valence-corrected chi connectivity index (χ1v) is 43.1. The predicted octanol–water partition coefficient (Wildman–Crippen LogP) is 32.1. The van der Waals surface area contributed by atoms with Gasteiger partial charge in [0.2, 0.25) is 0 Å². The van der Waals surface area contributed by atoms with Gasteiger partial charge in [0.1, 0.15) is 0 Å². The number of rotatable bonds is 12. The van der Waals surface area contributed by atoms with Crippen molar-refractivity contribution in [1.82, 2.24) is 0 Å². The Balaban J connectivity index is 0.607. The van der Waals surface area contributed by atoms with Crippen molar-refractivity contribution in [2.24, 2.45) is 0 Å². The van der Waals surface area contributed by atoms with Gasteiger partial charge in [0.25, 0.3) is 0 Å². The van der Waals surface area contributed by atoms with E-state index in [1.54, 1.807) is 0 Å². The fourth-order valence-corrected chi connectivity index (χ4v) is 24.1. The lowest BCUT2D eigenvalue weighted by molar-refractivity contribution is 0.812. The molecular weight excluding hydrogens is 1490 g/mol. The first-order valence-electron chi connectivity index (χ1n) is 41.5. The van der Waals surface area contributed by atoms with E-state index in [-0.39, 0.29) is 0 Å². The molecule has 0 saturated heterocycles. The van der Waals surface area contributed by atoms with Crippen molar-refractivity contribution in [1.29, 1.82) is 0 Å². The van der Waals surface area contributed by atoms with Crippen LogP contribution in [0.4, 0.5) is 34.1 Å². The third-order valence-corrected chi connectivity index (χ3v) is 28.9. The lowest BCUT2D eigenvalue weighted by atomic mass is 9.73. The quantitative estimate of drug-likeness (QED) is 0.120. The average molecular weight is 1560 g/mol. The number of hydrogen-bond donors (Lipinski definition) is 0. The molecular formula is C116H72N2S2.